The van der Waals surface area contributed by atoms with Gasteiger partial charge < -0.3 is 10.2 Å². The molecule has 0 unspecified atom stereocenters. The molecule has 1 amide bonds. The lowest BCUT2D eigenvalue weighted by Gasteiger charge is -2.33. The van der Waals surface area contributed by atoms with Gasteiger partial charge in [-0.1, -0.05) is 25.1 Å². The quantitative estimate of drug-likeness (QED) is 0.781. The van der Waals surface area contributed by atoms with Gasteiger partial charge in [-0.25, -0.2) is 9.50 Å². The van der Waals surface area contributed by atoms with Crippen molar-refractivity contribution in [2.45, 2.75) is 26.3 Å². The molecule has 0 spiro atoms. The minimum Gasteiger partial charge on any atom is -0.371 e. The molecule has 1 saturated heterocycles. The van der Waals surface area contributed by atoms with Crippen LogP contribution in [0.2, 0.25) is 0 Å². The maximum atomic E-state index is 12.4. The van der Waals surface area contributed by atoms with E-state index in [9.17, 15) is 4.79 Å². The zero-order chi connectivity index (χ0) is 17.9. The van der Waals surface area contributed by atoms with Gasteiger partial charge in [0.1, 0.15) is 0 Å². The van der Waals surface area contributed by atoms with Gasteiger partial charge in [0.15, 0.2) is 0 Å². The molecule has 0 saturated carbocycles. The fraction of sp³-hybridized carbons (Fsp3) is 0.368. The Balaban J connectivity index is 1.46. The molecule has 0 aliphatic carbocycles. The predicted octanol–water partition coefficient (Wildman–Crippen LogP) is 2.29. The van der Waals surface area contributed by atoms with E-state index < -0.39 is 0 Å². The molecular weight excluding hydrogens is 328 g/mol. The average Bonchev–Trinajstić information content (AvgIpc) is 3.11. The Kier molecular flexibility index (Phi) is 4.51. The van der Waals surface area contributed by atoms with Gasteiger partial charge in [0.25, 0.3) is 11.7 Å². The first-order chi connectivity index (χ1) is 12.7. The summed E-state index contributed by atoms with van der Waals surface area (Å²) in [6, 6.07) is 9.99. The highest BCUT2D eigenvalue weighted by atomic mass is 16.2. The van der Waals surface area contributed by atoms with Crippen LogP contribution in [0.1, 0.15) is 35.9 Å². The van der Waals surface area contributed by atoms with Crippen LogP contribution < -0.4 is 10.2 Å². The fourth-order valence-electron chi connectivity index (χ4n) is 3.30. The number of para-hydroxylation sites is 1. The maximum Gasteiger partial charge on any atom is 0.291 e. The maximum absolute atomic E-state index is 12.4. The van der Waals surface area contributed by atoms with Crippen LogP contribution in [-0.2, 0) is 6.54 Å². The number of rotatable bonds is 4. The number of hydrogen-bond donors (Lipinski definition) is 1. The fourth-order valence-corrected chi connectivity index (χ4v) is 3.30. The Bertz CT molecular complexity index is 880. The standard InChI is InChI=1S/C19H22N6O/c1-14-7-11-24(12-8-14)16-6-3-2-5-15(16)13-21-18(26)17-22-19-20-9-4-10-25(19)23-17/h2-6,9-10,14H,7-8,11-13H2,1H3,(H,21,26). The zero-order valence-corrected chi connectivity index (χ0v) is 14.8. The van der Waals surface area contributed by atoms with Crippen molar-refractivity contribution in [3.8, 4) is 0 Å². The lowest BCUT2D eigenvalue weighted by atomic mass is 9.98. The molecule has 134 valence electrons. The summed E-state index contributed by atoms with van der Waals surface area (Å²) in [5, 5.41) is 7.10. The molecule has 4 rings (SSSR count). The average molecular weight is 350 g/mol. The van der Waals surface area contributed by atoms with E-state index in [2.05, 4.69) is 44.3 Å². The van der Waals surface area contributed by atoms with E-state index >= 15 is 0 Å². The summed E-state index contributed by atoms with van der Waals surface area (Å²) in [5.41, 5.74) is 2.31. The Morgan fingerprint density at radius 3 is 2.85 bits per heavy atom. The molecule has 1 aliphatic rings. The van der Waals surface area contributed by atoms with Crippen molar-refractivity contribution in [1.29, 1.82) is 0 Å². The van der Waals surface area contributed by atoms with Gasteiger partial charge in [-0.15, -0.1) is 5.10 Å². The summed E-state index contributed by atoms with van der Waals surface area (Å²) >= 11 is 0. The van der Waals surface area contributed by atoms with Gasteiger partial charge in [0.2, 0.25) is 5.82 Å². The molecule has 0 bridgehead atoms. The van der Waals surface area contributed by atoms with E-state index in [-0.39, 0.29) is 11.7 Å². The largest absolute Gasteiger partial charge is 0.371 e. The summed E-state index contributed by atoms with van der Waals surface area (Å²) in [6.45, 7) is 4.88. The van der Waals surface area contributed by atoms with Crippen LogP contribution in [-0.4, -0.2) is 38.6 Å². The summed E-state index contributed by atoms with van der Waals surface area (Å²) in [5.74, 6) is 1.04. The van der Waals surface area contributed by atoms with Crippen LogP contribution in [0.15, 0.2) is 42.7 Å². The second-order valence-corrected chi connectivity index (χ2v) is 6.78. The molecule has 0 atom stereocenters. The molecular formula is C19H22N6O. The molecule has 1 aromatic carbocycles. The van der Waals surface area contributed by atoms with E-state index in [4.69, 9.17) is 0 Å². The summed E-state index contributed by atoms with van der Waals surface area (Å²) in [4.78, 5) is 23.1. The minimum atomic E-state index is -0.294. The number of nitrogens with one attached hydrogen (secondary N) is 1. The number of carbonyl (C=O) groups excluding carboxylic acids is 1. The molecule has 2 aromatic heterocycles. The minimum absolute atomic E-state index is 0.132. The highest BCUT2D eigenvalue weighted by Crippen LogP contribution is 2.26. The summed E-state index contributed by atoms with van der Waals surface area (Å²) in [7, 11) is 0. The van der Waals surface area contributed by atoms with E-state index in [0.717, 1.165) is 24.6 Å². The number of anilines is 1. The number of aromatic nitrogens is 4. The Morgan fingerprint density at radius 2 is 2.04 bits per heavy atom. The first-order valence-electron chi connectivity index (χ1n) is 8.99. The van der Waals surface area contributed by atoms with Crippen LogP contribution in [0.3, 0.4) is 0 Å². The van der Waals surface area contributed by atoms with Crippen molar-refractivity contribution in [2.75, 3.05) is 18.0 Å². The van der Waals surface area contributed by atoms with Gasteiger partial charge in [-0.3, -0.25) is 4.79 Å². The van der Waals surface area contributed by atoms with E-state index in [1.165, 1.54) is 23.0 Å². The van der Waals surface area contributed by atoms with Crippen LogP contribution in [0.4, 0.5) is 5.69 Å². The van der Waals surface area contributed by atoms with Crippen molar-refractivity contribution in [1.82, 2.24) is 24.9 Å². The van der Waals surface area contributed by atoms with Gasteiger partial charge in [0, 0.05) is 37.7 Å². The van der Waals surface area contributed by atoms with Gasteiger partial charge >= 0.3 is 0 Å². The lowest BCUT2D eigenvalue weighted by Crippen LogP contribution is -2.34. The SMILES string of the molecule is CC1CCN(c2ccccc2CNC(=O)c2nc3ncccn3n2)CC1. The van der Waals surface area contributed by atoms with Crippen molar-refractivity contribution in [2.24, 2.45) is 5.92 Å². The Hall–Kier alpha value is -2.96. The van der Waals surface area contributed by atoms with Gasteiger partial charge in [-0.2, -0.15) is 4.98 Å². The number of nitrogens with zero attached hydrogens (tertiary/aromatic N) is 5. The summed E-state index contributed by atoms with van der Waals surface area (Å²) in [6.07, 6.45) is 5.76. The first-order valence-corrected chi connectivity index (χ1v) is 8.99. The third-order valence-electron chi connectivity index (χ3n) is 4.88. The number of carbonyl (C=O) groups is 1. The molecule has 0 radical (unpaired) electrons. The Labute approximate surface area is 152 Å². The predicted molar refractivity (Wildman–Crippen MR) is 99.0 cm³/mol. The molecule has 1 fully saturated rings. The third-order valence-corrected chi connectivity index (χ3v) is 4.88. The van der Waals surface area contributed by atoms with E-state index in [1.807, 2.05) is 12.1 Å². The third kappa shape index (κ3) is 3.37. The van der Waals surface area contributed by atoms with Crippen LogP contribution >= 0.6 is 0 Å². The Morgan fingerprint density at radius 1 is 1.23 bits per heavy atom. The smallest absolute Gasteiger partial charge is 0.291 e. The number of hydrogen-bond acceptors (Lipinski definition) is 5. The first kappa shape index (κ1) is 16.5. The normalized spacial score (nSPS) is 15.3. The van der Waals surface area contributed by atoms with E-state index in [0.29, 0.717) is 12.3 Å². The molecule has 7 nitrogen and oxygen atoms in total. The molecule has 1 aliphatic heterocycles. The van der Waals surface area contributed by atoms with Crippen LogP contribution in [0.5, 0.6) is 0 Å². The second kappa shape index (κ2) is 7.11. The van der Waals surface area contributed by atoms with Gasteiger partial charge in [0.05, 0.1) is 0 Å². The van der Waals surface area contributed by atoms with Crippen molar-refractivity contribution < 1.29 is 4.79 Å². The zero-order valence-electron chi connectivity index (χ0n) is 14.8. The monoisotopic (exact) mass is 350 g/mol. The second-order valence-electron chi connectivity index (χ2n) is 6.78. The van der Waals surface area contributed by atoms with Crippen molar-refractivity contribution >= 4 is 17.4 Å². The molecule has 3 heterocycles. The summed E-state index contributed by atoms with van der Waals surface area (Å²) < 4.78 is 1.50. The lowest BCUT2D eigenvalue weighted by molar-refractivity contribution is 0.0941. The number of piperidine rings is 1. The molecule has 3 aromatic rings. The van der Waals surface area contributed by atoms with Gasteiger partial charge in [-0.05, 0) is 36.5 Å². The number of amides is 1. The van der Waals surface area contributed by atoms with E-state index in [1.54, 1.807) is 18.5 Å². The highest BCUT2D eigenvalue weighted by molar-refractivity contribution is 5.90. The van der Waals surface area contributed by atoms with Crippen molar-refractivity contribution in [3.05, 3.63) is 54.1 Å². The number of benzene rings is 1. The molecule has 1 N–H and O–H groups in total. The highest BCUT2D eigenvalue weighted by Gasteiger charge is 2.19. The van der Waals surface area contributed by atoms with Crippen molar-refractivity contribution in [3.63, 3.8) is 0 Å². The number of fused-ring (bicyclic) bond motifs is 1. The van der Waals surface area contributed by atoms with Crippen LogP contribution in [0.25, 0.3) is 5.78 Å². The molecule has 26 heavy (non-hydrogen) atoms. The molecule has 7 heteroatoms. The van der Waals surface area contributed by atoms with Crippen LogP contribution in [0, 0.1) is 5.92 Å². The topological polar surface area (TPSA) is 75.4 Å².